The molecule has 1 aliphatic heterocycles. The Bertz CT molecular complexity index is 2030. The Morgan fingerprint density at radius 2 is 1.38 bits per heavy atom. The average Bonchev–Trinajstić information content (AvgIpc) is 3.39. The normalized spacial score (nSPS) is 14.5. The van der Waals surface area contributed by atoms with Crippen molar-refractivity contribution in [2.45, 2.75) is 25.3 Å². The Kier molecular flexibility index (Phi) is 7.91. The first-order valence-corrected chi connectivity index (χ1v) is 15.8. The van der Waals surface area contributed by atoms with E-state index in [9.17, 15) is 28.6 Å². The second kappa shape index (κ2) is 11.8. The highest BCUT2D eigenvalue weighted by atomic mass is 32.2. The summed E-state index contributed by atoms with van der Waals surface area (Å²) in [6, 6.07) is 21.6. The summed E-state index contributed by atoms with van der Waals surface area (Å²) in [7, 11) is -3.82. The van der Waals surface area contributed by atoms with Crippen LogP contribution >= 0.6 is 0 Å². The van der Waals surface area contributed by atoms with Crippen molar-refractivity contribution in [1.29, 1.82) is 0 Å². The maximum absolute atomic E-state index is 13.3. The Hall–Kier alpha value is -4.98. The first kappa shape index (κ1) is 30.1. The second-order valence-corrected chi connectivity index (χ2v) is 13.0. The molecule has 2 aromatic heterocycles. The van der Waals surface area contributed by atoms with Crippen LogP contribution in [0.1, 0.15) is 16.8 Å². The predicted molar refractivity (Wildman–Crippen MR) is 169 cm³/mol. The van der Waals surface area contributed by atoms with Crippen LogP contribution in [0, 0.1) is 34.1 Å². The summed E-state index contributed by atoms with van der Waals surface area (Å²) >= 11 is 0. The molecule has 45 heavy (non-hydrogen) atoms. The fraction of sp³-hybridized carbons (Fsp3) is 0.219. The lowest BCUT2D eigenvalue weighted by Crippen LogP contribution is -2.48. The maximum Gasteiger partial charge on any atom is 0.269 e. The van der Waals surface area contributed by atoms with Crippen LogP contribution in [0.4, 0.5) is 11.4 Å². The van der Waals surface area contributed by atoms with Crippen LogP contribution in [0.2, 0.25) is 0 Å². The molecule has 0 saturated carbocycles. The monoisotopic (exact) mass is 626 g/mol. The van der Waals surface area contributed by atoms with Crippen molar-refractivity contribution in [2.75, 3.05) is 26.2 Å². The molecule has 0 unspecified atom stereocenters. The van der Waals surface area contributed by atoms with Gasteiger partial charge in [0.05, 0.1) is 26.1 Å². The summed E-state index contributed by atoms with van der Waals surface area (Å²) in [6.45, 7) is 5.99. The van der Waals surface area contributed by atoms with E-state index >= 15 is 0 Å². The Morgan fingerprint density at radius 3 is 2.00 bits per heavy atom. The van der Waals surface area contributed by atoms with Gasteiger partial charge in [-0.15, -0.1) is 0 Å². The lowest BCUT2D eigenvalue weighted by atomic mass is 10.00. The van der Waals surface area contributed by atoms with Crippen molar-refractivity contribution in [3.8, 4) is 22.4 Å². The summed E-state index contributed by atoms with van der Waals surface area (Å²) < 4.78 is 30.0. The summed E-state index contributed by atoms with van der Waals surface area (Å²) in [6.07, 6.45) is 2.06. The van der Waals surface area contributed by atoms with Crippen molar-refractivity contribution >= 4 is 27.0 Å². The van der Waals surface area contributed by atoms with E-state index < -0.39 is 19.9 Å². The van der Waals surface area contributed by atoms with E-state index in [4.69, 9.17) is 4.98 Å². The van der Waals surface area contributed by atoms with Crippen molar-refractivity contribution in [2.24, 2.45) is 0 Å². The number of nitro benzene ring substituents is 2. The van der Waals surface area contributed by atoms with Crippen LogP contribution in [0.15, 0.2) is 90.0 Å². The van der Waals surface area contributed by atoms with Crippen molar-refractivity contribution in [1.82, 2.24) is 18.6 Å². The summed E-state index contributed by atoms with van der Waals surface area (Å²) in [5.74, 6) is 0. The van der Waals surface area contributed by atoms with E-state index in [1.165, 1.54) is 40.7 Å². The van der Waals surface area contributed by atoms with E-state index in [-0.39, 0.29) is 29.4 Å². The first-order chi connectivity index (χ1) is 21.5. The van der Waals surface area contributed by atoms with Gasteiger partial charge in [-0.2, -0.15) is 4.31 Å². The zero-order chi connectivity index (χ0) is 31.9. The smallest absolute Gasteiger partial charge is 0.269 e. The van der Waals surface area contributed by atoms with Gasteiger partial charge in [-0.1, -0.05) is 23.8 Å². The van der Waals surface area contributed by atoms with E-state index in [2.05, 4.69) is 43.1 Å². The van der Waals surface area contributed by atoms with Gasteiger partial charge in [-0.3, -0.25) is 25.1 Å². The first-order valence-electron chi connectivity index (χ1n) is 14.3. The number of aryl methyl sites for hydroxylation is 2. The number of non-ortho nitro benzene ring substituents is 2. The molecule has 12 nitrogen and oxygen atoms in total. The lowest BCUT2D eigenvalue weighted by molar-refractivity contribution is -0.385. The highest BCUT2D eigenvalue weighted by Gasteiger charge is 2.30. The van der Waals surface area contributed by atoms with E-state index in [0.29, 0.717) is 25.3 Å². The van der Waals surface area contributed by atoms with Crippen LogP contribution in [0.5, 0.6) is 0 Å². The fourth-order valence-electron chi connectivity index (χ4n) is 5.65. The van der Waals surface area contributed by atoms with Crippen molar-refractivity contribution < 1.29 is 18.3 Å². The van der Waals surface area contributed by atoms with Crippen LogP contribution < -0.4 is 0 Å². The molecule has 1 aliphatic rings. The molecule has 0 spiro atoms. The van der Waals surface area contributed by atoms with Gasteiger partial charge in [0.15, 0.2) is 0 Å². The highest BCUT2D eigenvalue weighted by molar-refractivity contribution is 7.89. The number of nitrogens with zero attached hydrogens (tertiary/aromatic N) is 6. The molecular weight excluding hydrogens is 596 g/mol. The van der Waals surface area contributed by atoms with E-state index in [1.807, 2.05) is 16.5 Å². The van der Waals surface area contributed by atoms with Gasteiger partial charge in [0.25, 0.3) is 11.4 Å². The Labute approximate surface area is 259 Å². The number of sulfonamides is 1. The van der Waals surface area contributed by atoms with E-state index in [0.717, 1.165) is 39.2 Å². The van der Waals surface area contributed by atoms with Gasteiger partial charge < -0.3 is 4.40 Å². The molecule has 3 aromatic carbocycles. The third kappa shape index (κ3) is 5.92. The number of hydrogen-bond donors (Lipinski definition) is 0. The molecule has 13 heteroatoms. The van der Waals surface area contributed by atoms with Gasteiger partial charge in [0.1, 0.15) is 5.65 Å². The van der Waals surface area contributed by atoms with Gasteiger partial charge in [0, 0.05) is 68.7 Å². The standard InChI is InChI=1S/C32H30N6O6S/c1-22-3-4-23(2)29(19-22)25-7-14-31-33-32(24-5-8-26(9-6-24)37(39)40)30(36(31)20-25)21-34-15-17-35(18-16-34)45(43,44)28-12-10-27(11-13-28)38(41)42/h3-14,19-20H,15-18,21H2,1-2H3. The topological polar surface area (TPSA) is 144 Å². The van der Waals surface area contributed by atoms with E-state index in [1.54, 1.807) is 12.1 Å². The second-order valence-electron chi connectivity index (χ2n) is 11.1. The number of rotatable bonds is 8. The van der Waals surface area contributed by atoms with Crippen LogP contribution in [0.3, 0.4) is 0 Å². The number of pyridine rings is 1. The molecule has 6 rings (SSSR count). The molecule has 5 aromatic rings. The molecule has 230 valence electrons. The van der Waals surface area contributed by atoms with Gasteiger partial charge in [0.2, 0.25) is 10.0 Å². The Morgan fingerprint density at radius 1 is 0.778 bits per heavy atom. The number of nitro groups is 2. The fourth-order valence-corrected chi connectivity index (χ4v) is 7.07. The summed E-state index contributed by atoms with van der Waals surface area (Å²) in [5, 5.41) is 22.3. The molecule has 0 atom stereocenters. The van der Waals surface area contributed by atoms with Gasteiger partial charge in [-0.05, 0) is 66.9 Å². The van der Waals surface area contributed by atoms with Gasteiger partial charge >= 0.3 is 0 Å². The minimum atomic E-state index is -3.82. The molecule has 1 saturated heterocycles. The zero-order valence-electron chi connectivity index (χ0n) is 24.7. The minimum Gasteiger partial charge on any atom is -0.301 e. The molecule has 0 N–H and O–H groups in total. The Balaban J connectivity index is 1.31. The van der Waals surface area contributed by atoms with Crippen LogP contribution in [0.25, 0.3) is 28.0 Å². The summed E-state index contributed by atoms with van der Waals surface area (Å²) in [5.41, 5.74) is 7.30. The molecule has 0 radical (unpaired) electrons. The van der Waals surface area contributed by atoms with Crippen LogP contribution in [-0.4, -0.2) is 63.0 Å². The molecule has 0 amide bonds. The SMILES string of the molecule is Cc1ccc(C)c(-c2ccc3nc(-c4ccc([N+](=O)[O-])cc4)c(CN4CCN(S(=O)(=O)c5ccc([N+](=O)[O-])cc5)CC4)n3c2)c1. The molecule has 3 heterocycles. The number of hydrogen-bond acceptors (Lipinski definition) is 8. The van der Waals surface area contributed by atoms with Gasteiger partial charge in [-0.25, -0.2) is 13.4 Å². The summed E-state index contributed by atoms with van der Waals surface area (Å²) in [4.78, 5) is 28.4. The number of fused-ring (bicyclic) bond motifs is 1. The number of piperazine rings is 1. The third-order valence-corrected chi connectivity index (χ3v) is 10.1. The lowest BCUT2D eigenvalue weighted by Gasteiger charge is -2.34. The molecular formula is C32H30N6O6S. The molecule has 1 fully saturated rings. The quantitative estimate of drug-likeness (QED) is 0.160. The molecule has 0 aliphatic carbocycles. The zero-order valence-corrected chi connectivity index (χ0v) is 25.5. The largest absolute Gasteiger partial charge is 0.301 e. The molecule has 0 bridgehead atoms. The number of imidazole rings is 1. The number of aromatic nitrogens is 2. The minimum absolute atomic E-state index is 0.00775. The van der Waals surface area contributed by atoms with Crippen molar-refractivity contribution in [3.05, 3.63) is 122 Å². The average molecular weight is 627 g/mol. The van der Waals surface area contributed by atoms with Crippen molar-refractivity contribution in [3.63, 3.8) is 0 Å². The predicted octanol–water partition coefficient (Wildman–Crippen LogP) is 5.61. The third-order valence-electron chi connectivity index (χ3n) is 8.16. The van der Waals surface area contributed by atoms with Crippen LogP contribution in [-0.2, 0) is 16.6 Å². The highest BCUT2D eigenvalue weighted by Crippen LogP contribution is 2.31. The number of benzene rings is 3. The maximum atomic E-state index is 13.3.